The Labute approximate surface area is 225 Å². The van der Waals surface area contributed by atoms with Crippen molar-refractivity contribution in [1.82, 2.24) is 15.5 Å². The summed E-state index contributed by atoms with van der Waals surface area (Å²) in [5.41, 5.74) is 1.25. The Balaban J connectivity index is 1.16. The van der Waals surface area contributed by atoms with Crippen LogP contribution in [0, 0.1) is 29.1 Å². The summed E-state index contributed by atoms with van der Waals surface area (Å²) in [4.78, 5) is 38.3. The summed E-state index contributed by atoms with van der Waals surface area (Å²) in [7, 11) is 1.36. The minimum atomic E-state index is -0.617. The molecule has 1 atom stereocenters. The first-order valence-corrected chi connectivity index (χ1v) is 14.8. The van der Waals surface area contributed by atoms with E-state index in [1.807, 2.05) is 26.0 Å². The number of amides is 2. The van der Waals surface area contributed by atoms with Crippen molar-refractivity contribution < 1.29 is 19.1 Å². The fourth-order valence-corrected chi connectivity index (χ4v) is 8.43. The maximum Gasteiger partial charge on any atom is 0.337 e. The molecule has 1 unspecified atom stereocenters. The molecule has 1 aromatic carbocycles. The number of ether oxygens (including phenoxy) is 1. The van der Waals surface area contributed by atoms with Crippen LogP contribution < -0.4 is 10.6 Å². The van der Waals surface area contributed by atoms with E-state index in [-0.39, 0.29) is 29.1 Å². The highest BCUT2D eigenvalue weighted by Gasteiger charge is 2.55. The van der Waals surface area contributed by atoms with Gasteiger partial charge in [0.1, 0.15) is 6.04 Å². The Morgan fingerprint density at radius 1 is 1.05 bits per heavy atom. The summed E-state index contributed by atoms with van der Waals surface area (Å²) in [6, 6.07) is 6.61. The van der Waals surface area contributed by atoms with Crippen LogP contribution in [-0.2, 0) is 20.1 Å². The number of anilines is 1. The lowest BCUT2D eigenvalue weighted by Crippen LogP contribution is -2.57. The van der Waals surface area contributed by atoms with Crippen molar-refractivity contribution in [3.05, 3.63) is 35.4 Å². The van der Waals surface area contributed by atoms with E-state index in [2.05, 4.69) is 20.8 Å². The van der Waals surface area contributed by atoms with Gasteiger partial charge in [0.15, 0.2) is 4.34 Å². The third-order valence-corrected chi connectivity index (χ3v) is 10.2. The molecule has 0 spiro atoms. The van der Waals surface area contributed by atoms with E-state index in [0.29, 0.717) is 34.2 Å². The highest BCUT2D eigenvalue weighted by atomic mass is 32.2. The van der Waals surface area contributed by atoms with Crippen molar-refractivity contribution in [2.45, 2.75) is 68.5 Å². The molecule has 8 nitrogen and oxygen atoms in total. The van der Waals surface area contributed by atoms with Gasteiger partial charge in [0.05, 0.1) is 12.7 Å². The van der Waals surface area contributed by atoms with Crippen LogP contribution in [0.5, 0.6) is 0 Å². The number of aromatic nitrogens is 2. The number of hydrogen-bond acceptors (Lipinski definition) is 8. The molecule has 4 fully saturated rings. The number of carbonyl (C=O) groups is 3. The van der Waals surface area contributed by atoms with Crippen LogP contribution in [0.4, 0.5) is 5.13 Å². The van der Waals surface area contributed by atoms with Gasteiger partial charge in [-0.25, -0.2) is 4.79 Å². The molecule has 1 heterocycles. The zero-order valence-corrected chi connectivity index (χ0v) is 23.1. The third kappa shape index (κ3) is 5.70. The first-order chi connectivity index (χ1) is 17.7. The van der Waals surface area contributed by atoms with Crippen LogP contribution in [0.1, 0.15) is 68.3 Å². The van der Waals surface area contributed by atoms with E-state index in [4.69, 9.17) is 4.74 Å². The summed E-state index contributed by atoms with van der Waals surface area (Å²) < 4.78 is 5.46. The highest BCUT2D eigenvalue weighted by molar-refractivity contribution is 8.00. The Morgan fingerprint density at radius 2 is 1.68 bits per heavy atom. The Bertz CT molecular complexity index is 1130. The largest absolute Gasteiger partial charge is 0.465 e. The first kappa shape index (κ1) is 26.2. The van der Waals surface area contributed by atoms with Gasteiger partial charge in [-0.2, -0.15) is 0 Å². The van der Waals surface area contributed by atoms with E-state index < -0.39 is 6.04 Å². The maximum absolute atomic E-state index is 13.5. The number of nitrogens with one attached hydrogen (secondary N) is 2. The molecule has 4 aliphatic rings. The monoisotopic (exact) mass is 542 g/mol. The van der Waals surface area contributed by atoms with Crippen molar-refractivity contribution in [3.8, 4) is 0 Å². The number of hydrogen-bond donors (Lipinski definition) is 2. The number of methoxy groups -OCH3 is 1. The molecule has 6 rings (SSSR count). The molecule has 0 saturated heterocycles. The number of carbonyl (C=O) groups excluding carboxylic acids is 3. The molecule has 37 heavy (non-hydrogen) atoms. The van der Waals surface area contributed by atoms with Crippen molar-refractivity contribution in [3.63, 3.8) is 0 Å². The van der Waals surface area contributed by atoms with Gasteiger partial charge in [0.25, 0.3) is 0 Å². The molecular weight excluding hydrogens is 508 g/mol. The van der Waals surface area contributed by atoms with Crippen molar-refractivity contribution >= 4 is 46.0 Å². The molecule has 2 N–H and O–H groups in total. The molecular formula is C27H34N4O4S2. The minimum Gasteiger partial charge on any atom is -0.465 e. The van der Waals surface area contributed by atoms with Gasteiger partial charge in [0, 0.05) is 11.2 Å². The van der Waals surface area contributed by atoms with Gasteiger partial charge in [0.2, 0.25) is 16.9 Å². The standard InChI is InChI=1S/C27H34N4O4S2/c1-15(2)21(28-24(34)27-11-17-8-18(12-27)10-19(9-17)13-27)22(32)29-25-30-31-26(37-25)36-14-16-4-6-20(7-5-16)23(33)35-3/h4-7,15,17-19,21H,8-14H2,1-3H3,(H,28,34)(H,29,30,32). The Hall–Kier alpha value is -2.46. The number of thioether (sulfide) groups is 1. The van der Waals surface area contributed by atoms with E-state index >= 15 is 0 Å². The number of esters is 1. The van der Waals surface area contributed by atoms with Gasteiger partial charge in [-0.05, 0) is 79.9 Å². The molecule has 10 heteroatoms. The zero-order chi connectivity index (χ0) is 26.2. The number of rotatable bonds is 9. The average Bonchev–Trinajstić information content (AvgIpc) is 3.31. The predicted molar refractivity (Wildman–Crippen MR) is 143 cm³/mol. The minimum absolute atomic E-state index is 0.0485. The van der Waals surface area contributed by atoms with Crippen LogP contribution in [0.2, 0.25) is 0 Å². The van der Waals surface area contributed by atoms with Crippen LogP contribution >= 0.6 is 23.1 Å². The van der Waals surface area contributed by atoms with Gasteiger partial charge in [-0.3, -0.25) is 14.9 Å². The molecule has 0 radical (unpaired) electrons. The van der Waals surface area contributed by atoms with E-state index in [1.54, 1.807) is 12.1 Å². The van der Waals surface area contributed by atoms with Crippen LogP contribution in [0.25, 0.3) is 0 Å². The molecule has 0 aliphatic heterocycles. The number of benzene rings is 1. The fraction of sp³-hybridized carbons (Fsp3) is 0.593. The van der Waals surface area contributed by atoms with Crippen molar-refractivity contribution in [1.29, 1.82) is 0 Å². The highest BCUT2D eigenvalue weighted by Crippen LogP contribution is 2.60. The molecule has 4 saturated carbocycles. The molecule has 198 valence electrons. The molecule has 4 bridgehead atoms. The van der Waals surface area contributed by atoms with Crippen LogP contribution in [0.3, 0.4) is 0 Å². The lowest BCUT2D eigenvalue weighted by Gasteiger charge is -2.55. The smallest absolute Gasteiger partial charge is 0.337 e. The summed E-state index contributed by atoms with van der Waals surface area (Å²) in [5.74, 6) is 2.07. The van der Waals surface area contributed by atoms with Crippen LogP contribution in [-0.4, -0.2) is 41.1 Å². The fourth-order valence-electron chi connectivity index (χ4n) is 6.72. The molecule has 1 aromatic heterocycles. The van der Waals surface area contributed by atoms with Crippen molar-refractivity contribution in [2.75, 3.05) is 12.4 Å². The molecule has 2 aromatic rings. The third-order valence-electron chi connectivity index (χ3n) is 8.13. The lowest BCUT2D eigenvalue weighted by atomic mass is 9.49. The SMILES string of the molecule is COC(=O)c1ccc(CSc2nnc(NC(=O)C(NC(=O)C34CC5CC(CC(C5)C3)C4)C(C)C)s2)cc1. The van der Waals surface area contributed by atoms with Gasteiger partial charge in [-0.1, -0.05) is 49.1 Å². The average molecular weight is 543 g/mol. The van der Waals surface area contributed by atoms with E-state index in [9.17, 15) is 14.4 Å². The summed E-state index contributed by atoms with van der Waals surface area (Å²) in [6.45, 7) is 3.91. The zero-order valence-electron chi connectivity index (χ0n) is 21.5. The predicted octanol–water partition coefficient (Wildman–Crippen LogP) is 4.91. The van der Waals surface area contributed by atoms with Crippen LogP contribution in [0.15, 0.2) is 28.6 Å². The first-order valence-electron chi connectivity index (χ1n) is 13.0. The van der Waals surface area contributed by atoms with Gasteiger partial charge in [-0.15, -0.1) is 10.2 Å². The normalized spacial score (nSPS) is 26.6. The Kier molecular flexibility index (Phi) is 7.58. The van der Waals surface area contributed by atoms with Gasteiger partial charge >= 0.3 is 5.97 Å². The number of nitrogens with zero attached hydrogens (tertiary/aromatic N) is 2. The summed E-state index contributed by atoms with van der Waals surface area (Å²) in [6.07, 6.45) is 6.74. The second-order valence-corrected chi connectivity index (χ2v) is 13.4. The molecule has 4 aliphatic carbocycles. The van der Waals surface area contributed by atoms with E-state index in [0.717, 1.165) is 29.2 Å². The topological polar surface area (TPSA) is 110 Å². The second-order valence-electron chi connectivity index (χ2n) is 11.2. The van der Waals surface area contributed by atoms with Crippen molar-refractivity contribution in [2.24, 2.45) is 29.1 Å². The Morgan fingerprint density at radius 3 is 2.24 bits per heavy atom. The summed E-state index contributed by atoms with van der Waals surface area (Å²) >= 11 is 2.82. The quantitative estimate of drug-likeness (QED) is 0.263. The maximum atomic E-state index is 13.5. The lowest BCUT2D eigenvalue weighted by molar-refractivity contribution is -0.148. The molecule has 2 amide bonds. The van der Waals surface area contributed by atoms with Gasteiger partial charge < -0.3 is 10.1 Å². The second kappa shape index (κ2) is 10.7. The van der Waals surface area contributed by atoms with E-state index in [1.165, 1.54) is 49.5 Å². The summed E-state index contributed by atoms with van der Waals surface area (Å²) in [5, 5.41) is 14.7.